The number of esters is 1. The van der Waals surface area contributed by atoms with Crippen molar-refractivity contribution in [1.29, 1.82) is 0 Å². The van der Waals surface area contributed by atoms with Crippen LogP contribution < -0.4 is 0 Å². The van der Waals surface area contributed by atoms with Crippen LogP contribution in [0.2, 0.25) is 0 Å². The van der Waals surface area contributed by atoms with Gasteiger partial charge in [0, 0.05) is 18.8 Å². The highest BCUT2D eigenvalue weighted by atomic mass is 16.5. The van der Waals surface area contributed by atoms with E-state index in [0.29, 0.717) is 23.5 Å². The average Bonchev–Trinajstić information content (AvgIpc) is 2.83. The third kappa shape index (κ3) is 2.38. The van der Waals surface area contributed by atoms with Crippen LogP contribution in [0.3, 0.4) is 0 Å². The molecule has 126 valence electrons. The van der Waals surface area contributed by atoms with E-state index in [4.69, 9.17) is 4.74 Å². The number of ether oxygens (including phenoxy) is 1. The summed E-state index contributed by atoms with van der Waals surface area (Å²) < 4.78 is 5.69. The van der Waals surface area contributed by atoms with Gasteiger partial charge in [0.05, 0.1) is 0 Å². The number of fused-ring (bicyclic) bond motifs is 5. The molecule has 3 nitrogen and oxygen atoms in total. The average molecular weight is 316 g/mol. The molecule has 0 amide bonds. The Hall–Kier alpha value is -1.12. The molecular formula is C20H28O3. The van der Waals surface area contributed by atoms with Crippen LogP contribution in [0.4, 0.5) is 0 Å². The summed E-state index contributed by atoms with van der Waals surface area (Å²) in [6.07, 6.45) is 12.1. The Kier molecular flexibility index (Phi) is 3.66. The minimum atomic E-state index is -0.128. The van der Waals surface area contributed by atoms with Gasteiger partial charge in [0.25, 0.3) is 0 Å². The highest BCUT2D eigenvalue weighted by molar-refractivity contribution is 5.90. The molecule has 0 spiro atoms. The Balaban J connectivity index is 1.57. The SMILES string of the molecule is CC(=O)OC1CC[C@H]2[C@@H]3CCC4CC(=O)C=C[C@@H]4[C@H]3CC[C@]12C. The molecule has 2 unspecified atom stereocenters. The third-order valence-corrected chi connectivity index (χ3v) is 7.59. The predicted molar refractivity (Wildman–Crippen MR) is 87.6 cm³/mol. The summed E-state index contributed by atoms with van der Waals surface area (Å²) in [5.74, 6) is 3.59. The van der Waals surface area contributed by atoms with E-state index in [1.54, 1.807) is 0 Å². The number of carbonyl (C=O) groups is 2. The zero-order valence-corrected chi connectivity index (χ0v) is 14.3. The molecular weight excluding hydrogens is 288 g/mol. The maximum Gasteiger partial charge on any atom is 0.302 e. The second-order valence-corrected chi connectivity index (χ2v) is 8.60. The van der Waals surface area contributed by atoms with Gasteiger partial charge in [-0.05, 0) is 74.2 Å². The summed E-state index contributed by atoms with van der Waals surface area (Å²) in [5.41, 5.74) is 0.174. The molecule has 7 atom stereocenters. The summed E-state index contributed by atoms with van der Waals surface area (Å²) in [6.45, 7) is 3.90. The number of hydrogen-bond donors (Lipinski definition) is 0. The fourth-order valence-electron chi connectivity index (χ4n) is 6.59. The van der Waals surface area contributed by atoms with Gasteiger partial charge >= 0.3 is 5.97 Å². The topological polar surface area (TPSA) is 43.4 Å². The molecule has 4 aliphatic carbocycles. The number of hydrogen-bond acceptors (Lipinski definition) is 3. The first-order valence-electron chi connectivity index (χ1n) is 9.37. The first kappa shape index (κ1) is 15.4. The Morgan fingerprint density at radius 2 is 2.00 bits per heavy atom. The largest absolute Gasteiger partial charge is 0.462 e. The second-order valence-electron chi connectivity index (χ2n) is 8.60. The molecule has 0 radical (unpaired) electrons. The minimum Gasteiger partial charge on any atom is -0.462 e. The fourth-order valence-corrected chi connectivity index (χ4v) is 6.59. The monoisotopic (exact) mass is 316 g/mol. The third-order valence-electron chi connectivity index (χ3n) is 7.59. The van der Waals surface area contributed by atoms with Crippen LogP contribution in [0.5, 0.6) is 0 Å². The molecule has 0 aromatic carbocycles. The van der Waals surface area contributed by atoms with Crippen molar-refractivity contribution in [3.8, 4) is 0 Å². The van der Waals surface area contributed by atoms with Crippen molar-refractivity contribution in [3.05, 3.63) is 12.2 Å². The van der Waals surface area contributed by atoms with E-state index in [2.05, 4.69) is 13.0 Å². The molecule has 23 heavy (non-hydrogen) atoms. The van der Waals surface area contributed by atoms with Crippen LogP contribution >= 0.6 is 0 Å². The van der Waals surface area contributed by atoms with E-state index < -0.39 is 0 Å². The molecule has 0 aromatic rings. The molecule has 0 heterocycles. The highest BCUT2D eigenvalue weighted by Gasteiger charge is 2.57. The van der Waals surface area contributed by atoms with Gasteiger partial charge in [-0.3, -0.25) is 9.59 Å². The van der Waals surface area contributed by atoms with E-state index >= 15 is 0 Å². The molecule has 4 rings (SSSR count). The van der Waals surface area contributed by atoms with Crippen molar-refractivity contribution in [2.45, 2.75) is 64.9 Å². The van der Waals surface area contributed by atoms with E-state index in [0.717, 1.165) is 24.7 Å². The van der Waals surface area contributed by atoms with Crippen molar-refractivity contribution in [2.24, 2.45) is 35.0 Å². The molecule has 0 aromatic heterocycles. The maximum atomic E-state index is 11.7. The Morgan fingerprint density at radius 3 is 2.78 bits per heavy atom. The highest BCUT2D eigenvalue weighted by Crippen LogP contribution is 2.62. The van der Waals surface area contributed by atoms with Gasteiger partial charge in [-0.25, -0.2) is 0 Å². The Labute approximate surface area is 138 Å². The van der Waals surface area contributed by atoms with Crippen LogP contribution in [-0.4, -0.2) is 17.9 Å². The quantitative estimate of drug-likeness (QED) is 0.689. The zero-order chi connectivity index (χ0) is 16.2. The lowest BCUT2D eigenvalue weighted by Gasteiger charge is -2.54. The van der Waals surface area contributed by atoms with Crippen LogP contribution in [0, 0.1) is 35.0 Å². The molecule has 3 fully saturated rings. The molecule has 4 aliphatic rings. The lowest BCUT2D eigenvalue weighted by atomic mass is 9.51. The van der Waals surface area contributed by atoms with Crippen molar-refractivity contribution >= 4 is 11.8 Å². The van der Waals surface area contributed by atoms with Crippen molar-refractivity contribution < 1.29 is 14.3 Å². The van der Waals surface area contributed by atoms with Crippen molar-refractivity contribution in [2.75, 3.05) is 0 Å². The van der Waals surface area contributed by atoms with E-state index in [1.807, 2.05) is 6.08 Å². The Bertz CT molecular complexity index is 551. The van der Waals surface area contributed by atoms with Crippen LogP contribution in [0.25, 0.3) is 0 Å². The summed E-state index contributed by atoms with van der Waals surface area (Å²) in [4.78, 5) is 23.2. The zero-order valence-electron chi connectivity index (χ0n) is 14.3. The maximum absolute atomic E-state index is 11.7. The van der Waals surface area contributed by atoms with Crippen molar-refractivity contribution in [3.63, 3.8) is 0 Å². The van der Waals surface area contributed by atoms with Gasteiger partial charge in [-0.15, -0.1) is 0 Å². The number of rotatable bonds is 1. The summed E-state index contributed by atoms with van der Waals surface area (Å²) >= 11 is 0. The fraction of sp³-hybridized carbons (Fsp3) is 0.800. The van der Waals surface area contributed by atoms with Gasteiger partial charge in [-0.2, -0.15) is 0 Å². The molecule has 0 saturated heterocycles. The van der Waals surface area contributed by atoms with E-state index in [1.165, 1.54) is 39.0 Å². The molecule has 0 aliphatic heterocycles. The first-order chi connectivity index (χ1) is 11.0. The first-order valence-corrected chi connectivity index (χ1v) is 9.37. The van der Waals surface area contributed by atoms with Gasteiger partial charge < -0.3 is 4.74 Å². The van der Waals surface area contributed by atoms with Gasteiger partial charge in [0.2, 0.25) is 0 Å². The number of allylic oxidation sites excluding steroid dienone is 2. The van der Waals surface area contributed by atoms with E-state index in [-0.39, 0.29) is 17.5 Å². The number of carbonyl (C=O) groups excluding carboxylic acids is 2. The van der Waals surface area contributed by atoms with Gasteiger partial charge in [0.15, 0.2) is 5.78 Å². The van der Waals surface area contributed by atoms with Crippen LogP contribution in [-0.2, 0) is 14.3 Å². The lowest BCUT2D eigenvalue weighted by molar-refractivity contribution is -0.156. The van der Waals surface area contributed by atoms with Gasteiger partial charge in [0.1, 0.15) is 6.10 Å². The molecule has 3 saturated carbocycles. The standard InChI is InChI=1S/C20H28O3/c1-12(21)23-19-8-7-18-17-5-3-13-11-14(22)4-6-15(13)16(17)9-10-20(18,19)2/h4,6,13,15-19H,3,5,7-11H2,1-2H3/t13?,15-,16+,17+,18-,19?,20-/m0/s1. The number of ketones is 1. The predicted octanol–water partition coefficient (Wildman–Crippen LogP) is 3.92. The second kappa shape index (κ2) is 5.46. The normalized spacial score (nSPS) is 48.3. The summed E-state index contributed by atoms with van der Waals surface area (Å²) in [7, 11) is 0. The molecule has 0 N–H and O–H groups in total. The van der Waals surface area contributed by atoms with Crippen LogP contribution in [0.1, 0.15) is 58.8 Å². The summed E-state index contributed by atoms with van der Waals surface area (Å²) in [6, 6.07) is 0. The summed E-state index contributed by atoms with van der Waals surface area (Å²) in [5, 5.41) is 0. The molecule has 3 heteroatoms. The lowest BCUT2D eigenvalue weighted by Crippen LogP contribution is -2.49. The van der Waals surface area contributed by atoms with E-state index in [9.17, 15) is 9.59 Å². The Morgan fingerprint density at radius 1 is 1.17 bits per heavy atom. The minimum absolute atomic E-state index is 0.118. The van der Waals surface area contributed by atoms with Crippen molar-refractivity contribution in [1.82, 2.24) is 0 Å². The van der Waals surface area contributed by atoms with Gasteiger partial charge in [-0.1, -0.05) is 13.0 Å². The van der Waals surface area contributed by atoms with Crippen LogP contribution in [0.15, 0.2) is 12.2 Å². The molecule has 0 bridgehead atoms. The smallest absolute Gasteiger partial charge is 0.302 e.